The van der Waals surface area contributed by atoms with Gasteiger partial charge in [0.25, 0.3) is 11.8 Å². The molecule has 0 spiro atoms. The van der Waals surface area contributed by atoms with Crippen LogP contribution in [0.4, 0.5) is 4.39 Å². The lowest BCUT2D eigenvalue weighted by Crippen LogP contribution is -2.44. The molecule has 0 saturated heterocycles. The van der Waals surface area contributed by atoms with Crippen molar-refractivity contribution >= 4 is 11.8 Å². The van der Waals surface area contributed by atoms with Gasteiger partial charge in [-0.3, -0.25) is 14.3 Å². The van der Waals surface area contributed by atoms with Gasteiger partial charge >= 0.3 is 0 Å². The van der Waals surface area contributed by atoms with E-state index in [1.807, 2.05) is 28.9 Å². The van der Waals surface area contributed by atoms with Crippen molar-refractivity contribution < 1.29 is 18.7 Å². The highest BCUT2D eigenvalue weighted by Gasteiger charge is 2.27. The molecule has 1 aliphatic heterocycles. The van der Waals surface area contributed by atoms with E-state index in [0.717, 1.165) is 80.6 Å². The summed E-state index contributed by atoms with van der Waals surface area (Å²) in [5, 5.41) is 10.6. The van der Waals surface area contributed by atoms with Gasteiger partial charge in [-0.15, -0.1) is 0 Å². The van der Waals surface area contributed by atoms with Gasteiger partial charge < -0.3 is 15.4 Å². The SMILES string of the molecule is CCCc1ccc(-c2cccc(Oc3ncc(F)cc3C(=O)NC3CCC(NC(=O)c4cc5n(n4)CCCC5)CC3)c2)cc1. The molecule has 2 N–H and O–H groups in total. The van der Waals surface area contributed by atoms with Gasteiger partial charge in [-0.1, -0.05) is 49.7 Å². The molecule has 1 fully saturated rings. The fourth-order valence-electron chi connectivity index (χ4n) is 6.11. The summed E-state index contributed by atoms with van der Waals surface area (Å²) in [5.41, 5.74) is 4.94. The predicted octanol–water partition coefficient (Wildman–Crippen LogP) is 6.64. The molecule has 0 atom stereocenters. The first-order valence-corrected chi connectivity index (χ1v) is 15.7. The van der Waals surface area contributed by atoms with Crippen LogP contribution in [0.15, 0.2) is 66.9 Å². The number of nitrogens with zero attached hydrogens (tertiary/aromatic N) is 3. The van der Waals surface area contributed by atoms with Crippen molar-refractivity contribution in [3.8, 4) is 22.8 Å². The molecule has 228 valence electrons. The summed E-state index contributed by atoms with van der Waals surface area (Å²) < 4.78 is 22.2. The lowest BCUT2D eigenvalue weighted by Gasteiger charge is -2.29. The Morgan fingerprint density at radius 2 is 1.68 bits per heavy atom. The molecule has 3 heterocycles. The van der Waals surface area contributed by atoms with E-state index in [1.165, 1.54) is 5.56 Å². The maximum atomic E-state index is 14.2. The number of pyridine rings is 1. The second-order valence-electron chi connectivity index (χ2n) is 11.8. The minimum atomic E-state index is -0.615. The van der Waals surface area contributed by atoms with E-state index in [4.69, 9.17) is 4.74 Å². The van der Waals surface area contributed by atoms with Crippen LogP contribution in [0.3, 0.4) is 0 Å². The van der Waals surface area contributed by atoms with Crippen LogP contribution in [-0.2, 0) is 19.4 Å². The second-order valence-corrected chi connectivity index (χ2v) is 11.8. The molecular formula is C35H38FN5O3. The van der Waals surface area contributed by atoms with Crippen LogP contribution in [0.1, 0.15) is 84.0 Å². The number of halogens is 1. The van der Waals surface area contributed by atoms with Crippen LogP contribution in [-0.4, -0.2) is 38.7 Å². The molecule has 2 aromatic heterocycles. The third-order valence-electron chi connectivity index (χ3n) is 8.48. The molecule has 9 heteroatoms. The Labute approximate surface area is 257 Å². The van der Waals surface area contributed by atoms with E-state index in [-0.39, 0.29) is 29.4 Å². The van der Waals surface area contributed by atoms with Crippen LogP contribution >= 0.6 is 0 Å². The first kappa shape index (κ1) is 29.5. The van der Waals surface area contributed by atoms with Crippen molar-refractivity contribution in [2.24, 2.45) is 0 Å². The first-order chi connectivity index (χ1) is 21.4. The summed E-state index contributed by atoms with van der Waals surface area (Å²) in [7, 11) is 0. The number of hydrogen-bond acceptors (Lipinski definition) is 5. The summed E-state index contributed by atoms with van der Waals surface area (Å²) in [5.74, 6) is -0.655. The summed E-state index contributed by atoms with van der Waals surface area (Å²) in [6, 6.07) is 18.9. The molecule has 1 aliphatic carbocycles. The molecule has 1 saturated carbocycles. The molecule has 2 aromatic carbocycles. The summed E-state index contributed by atoms with van der Waals surface area (Å²) in [4.78, 5) is 30.2. The maximum Gasteiger partial charge on any atom is 0.272 e. The summed E-state index contributed by atoms with van der Waals surface area (Å²) in [6.45, 7) is 3.02. The highest BCUT2D eigenvalue weighted by atomic mass is 19.1. The molecule has 2 amide bonds. The minimum Gasteiger partial charge on any atom is -0.438 e. The number of benzene rings is 2. The average Bonchev–Trinajstić information content (AvgIpc) is 3.48. The van der Waals surface area contributed by atoms with E-state index in [0.29, 0.717) is 24.3 Å². The predicted molar refractivity (Wildman–Crippen MR) is 166 cm³/mol. The molecule has 0 radical (unpaired) electrons. The maximum absolute atomic E-state index is 14.2. The third kappa shape index (κ3) is 6.98. The van der Waals surface area contributed by atoms with Gasteiger partial charge in [0.1, 0.15) is 22.8 Å². The number of fused-ring (bicyclic) bond motifs is 1. The second kappa shape index (κ2) is 13.4. The van der Waals surface area contributed by atoms with Crippen LogP contribution in [0.5, 0.6) is 11.6 Å². The number of carbonyl (C=O) groups is 2. The van der Waals surface area contributed by atoms with Crippen molar-refractivity contribution in [2.45, 2.75) is 83.3 Å². The molecule has 0 unspecified atom stereocenters. The van der Waals surface area contributed by atoms with Gasteiger partial charge in [-0.2, -0.15) is 5.10 Å². The minimum absolute atomic E-state index is 0.0132. The quantitative estimate of drug-likeness (QED) is 0.226. The lowest BCUT2D eigenvalue weighted by molar-refractivity contribution is 0.0887. The van der Waals surface area contributed by atoms with Crippen molar-refractivity contribution in [1.82, 2.24) is 25.4 Å². The van der Waals surface area contributed by atoms with Crippen molar-refractivity contribution in [3.63, 3.8) is 0 Å². The number of hydrogen-bond donors (Lipinski definition) is 2. The average molecular weight is 596 g/mol. The third-order valence-corrected chi connectivity index (χ3v) is 8.48. The summed E-state index contributed by atoms with van der Waals surface area (Å²) in [6.07, 6.45) is 9.18. The Hall–Kier alpha value is -4.53. The topological polar surface area (TPSA) is 98.1 Å². The number of ether oxygens (including phenoxy) is 1. The fraction of sp³-hybridized carbons (Fsp3) is 0.371. The van der Waals surface area contributed by atoms with Crippen molar-refractivity contribution in [3.05, 3.63) is 95.2 Å². The van der Waals surface area contributed by atoms with Crippen LogP contribution in [0, 0.1) is 5.82 Å². The zero-order chi connectivity index (χ0) is 30.5. The van der Waals surface area contributed by atoms with Crippen LogP contribution in [0.25, 0.3) is 11.1 Å². The first-order valence-electron chi connectivity index (χ1n) is 15.7. The van der Waals surface area contributed by atoms with Gasteiger partial charge in [-0.05, 0) is 92.3 Å². The van der Waals surface area contributed by atoms with E-state index < -0.39 is 11.7 Å². The number of aryl methyl sites for hydroxylation is 3. The number of carbonyl (C=O) groups excluding carboxylic acids is 2. The lowest BCUT2D eigenvalue weighted by atomic mass is 9.91. The molecular weight excluding hydrogens is 557 g/mol. The molecule has 6 rings (SSSR count). The Morgan fingerprint density at radius 3 is 2.41 bits per heavy atom. The highest BCUT2D eigenvalue weighted by molar-refractivity contribution is 5.96. The van der Waals surface area contributed by atoms with E-state index >= 15 is 0 Å². The number of rotatable bonds is 9. The smallest absolute Gasteiger partial charge is 0.272 e. The van der Waals surface area contributed by atoms with E-state index in [9.17, 15) is 14.0 Å². The van der Waals surface area contributed by atoms with E-state index in [2.05, 4.69) is 51.9 Å². The normalized spacial score (nSPS) is 17.9. The van der Waals surface area contributed by atoms with Crippen LogP contribution < -0.4 is 15.4 Å². The Bertz CT molecular complexity index is 1600. The Balaban J connectivity index is 1.06. The van der Waals surface area contributed by atoms with Gasteiger partial charge in [0.2, 0.25) is 5.88 Å². The van der Waals surface area contributed by atoms with Gasteiger partial charge in [0.15, 0.2) is 0 Å². The zero-order valence-electron chi connectivity index (χ0n) is 25.0. The molecule has 0 bridgehead atoms. The molecule has 2 aliphatic rings. The van der Waals surface area contributed by atoms with Gasteiger partial charge in [0.05, 0.1) is 6.20 Å². The van der Waals surface area contributed by atoms with Crippen molar-refractivity contribution in [2.75, 3.05) is 0 Å². The number of aromatic nitrogens is 3. The molecule has 4 aromatic rings. The van der Waals surface area contributed by atoms with Crippen LogP contribution in [0.2, 0.25) is 0 Å². The number of amides is 2. The Morgan fingerprint density at radius 1 is 0.932 bits per heavy atom. The van der Waals surface area contributed by atoms with Crippen molar-refractivity contribution in [1.29, 1.82) is 0 Å². The molecule has 8 nitrogen and oxygen atoms in total. The fourth-order valence-corrected chi connectivity index (χ4v) is 6.11. The monoisotopic (exact) mass is 595 g/mol. The van der Waals surface area contributed by atoms with E-state index in [1.54, 1.807) is 6.07 Å². The standard InChI is InChI=1S/C35H38FN5O3/c1-2-6-23-10-12-24(13-11-23)25-7-5-9-30(19-25)44-35-31(20-26(36)22-37-35)33(42)38-27-14-16-28(17-15-27)39-34(43)32-21-29-8-3-4-18-41(29)40-32/h5,7,9-13,19-22,27-28H,2-4,6,8,14-18H2,1H3,(H,38,42)(H,39,43). The van der Waals surface area contributed by atoms with Gasteiger partial charge in [0, 0.05) is 24.3 Å². The largest absolute Gasteiger partial charge is 0.438 e. The summed E-state index contributed by atoms with van der Waals surface area (Å²) >= 11 is 0. The highest BCUT2D eigenvalue weighted by Crippen LogP contribution is 2.29. The zero-order valence-corrected chi connectivity index (χ0v) is 25.0. The Kier molecular flexibility index (Phi) is 9.00. The number of nitrogens with one attached hydrogen (secondary N) is 2. The van der Waals surface area contributed by atoms with Gasteiger partial charge in [-0.25, -0.2) is 9.37 Å². The molecule has 44 heavy (non-hydrogen) atoms.